The van der Waals surface area contributed by atoms with E-state index in [1.54, 1.807) is 54.6 Å². The molecule has 8 nitrogen and oxygen atoms in total. The average molecular weight is 477 g/mol. The number of nitrogens with two attached hydrogens (primary N) is 1. The highest BCUT2D eigenvalue weighted by Crippen LogP contribution is 2.26. The molecule has 3 rings (SSSR count). The number of rotatable bonds is 6. The van der Waals surface area contributed by atoms with Crippen molar-refractivity contribution >= 4 is 51.1 Å². The molecule has 2 aromatic carbocycles. The van der Waals surface area contributed by atoms with Gasteiger partial charge in [-0.15, -0.1) is 0 Å². The van der Waals surface area contributed by atoms with Gasteiger partial charge in [0.05, 0.1) is 15.1 Å². The van der Waals surface area contributed by atoms with Crippen LogP contribution in [0.1, 0.15) is 32.5 Å². The van der Waals surface area contributed by atoms with Gasteiger partial charge in [-0.3, -0.25) is 19.5 Å². The van der Waals surface area contributed by atoms with Crippen LogP contribution in [-0.2, 0) is 4.79 Å². The van der Waals surface area contributed by atoms with Gasteiger partial charge in [0, 0.05) is 0 Å². The largest absolute Gasteiger partial charge is 0.368 e. The van der Waals surface area contributed by atoms with Gasteiger partial charge >= 0.3 is 0 Å². The Hall–Kier alpha value is -3.17. The SMILES string of the molecule is NC(=O)[C@@H](NC(=O)c1[nH]nc(NC(=O)c2ccccc2Cl)c1Br)c1ccccc1. The summed E-state index contributed by atoms with van der Waals surface area (Å²) in [6.07, 6.45) is 0. The molecule has 0 aliphatic heterocycles. The number of aromatic nitrogens is 2. The Kier molecular flexibility index (Phi) is 6.30. The summed E-state index contributed by atoms with van der Waals surface area (Å²) < 4.78 is 0.215. The molecule has 0 fully saturated rings. The predicted octanol–water partition coefficient (Wildman–Crippen LogP) is 3.03. The summed E-state index contributed by atoms with van der Waals surface area (Å²) in [5.74, 6) is -1.74. The van der Waals surface area contributed by atoms with Crippen LogP contribution in [0.5, 0.6) is 0 Å². The maximum absolute atomic E-state index is 12.6. The Balaban J connectivity index is 1.78. The van der Waals surface area contributed by atoms with Crippen molar-refractivity contribution in [2.24, 2.45) is 5.73 Å². The Bertz CT molecular complexity index is 1070. The number of carbonyl (C=O) groups is 3. The predicted molar refractivity (Wildman–Crippen MR) is 112 cm³/mol. The number of amides is 3. The quantitative estimate of drug-likeness (QED) is 0.435. The molecule has 0 aliphatic carbocycles. The van der Waals surface area contributed by atoms with Crippen molar-refractivity contribution in [2.45, 2.75) is 6.04 Å². The number of hydrogen-bond acceptors (Lipinski definition) is 4. The summed E-state index contributed by atoms with van der Waals surface area (Å²) in [6, 6.07) is 14.1. The molecule has 3 amide bonds. The molecule has 1 aromatic heterocycles. The molecular formula is C19H15BrClN5O3. The molecule has 0 saturated heterocycles. The Labute approximate surface area is 178 Å². The second-order valence-electron chi connectivity index (χ2n) is 5.91. The van der Waals surface area contributed by atoms with Crippen molar-refractivity contribution in [3.8, 4) is 0 Å². The zero-order chi connectivity index (χ0) is 21.0. The van der Waals surface area contributed by atoms with Crippen LogP contribution in [0, 0.1) is 0 Å². The van der Waals surface area contributed by atoms with E-state index < -0.39 is 23.8 Å². The third kappa shape index (κ3) is 4.64. The Morgan fingerprint density at radius 2 is 1.69 bits per heavy atom. The molecule has 148 valence electrons. The van der Waals surface area contributed by atoms with Crippen LogP contribution in [0.3, 0.4) is 0 Å². The number of H-pyrrole nitrogens is 1. The van der Waals surface area contributed by atoms with Gasteiger partial charge in [-0.2, -0.15) is 5.10 Å². The number of nitrogens with one attached hydrogen (secondary N) is 3. The van der Waals surface area contributed by atoms with Crippen molar-refractivity contribution in [1.29, 1.82) is 0 Å². The van der Waals surface area contributed by atoms with Crippen LogP contribution in [0.15, 0.2) is 59.1 Å². The topological polar surface area (TPSA) is 130 Å². The van der Waals surface area contributed by atoms with Crippen molar-refractivity contribution < 1.29 is 14.4 Å². The standard InChI is InChI=1S/C19H15BrClN5O3/c20-13-15(19(29)23-14(16(22)27)10-6-2-1-3-7-10)25-26-17(13)24-18(28)11-8-4-5-9-12(11)21/h1-9,14H,(H2,22,27)(H,23,29)(H2,24,25,26,28)/t14-/m0/s1. The highest BCUT2D eigenvalue weighted by Gasteiger charge is 2.25. The summed E-state index contributed by atoms with van der Waals surface area (Å²) in [7, 11) is 0. The van der Waals surface area contributed by atoms with Gasteiger partial charge in [0.25, 0.3) is 11.8 Å². The van der Waals surface area contributed by atoms with E-state index in [2.05, 4.69) is 36.8 Å². The molecule has 29 heavy (non-hydrogen) atoms. The number of benzene rings is 2. The lowest BCUT2D eigenvalue weighted by Crippen LogP contribution is -2.37. The second kappa shape index (κ2) is 8.89. The molecule has 3 aromatic rings. The average Bonchev–Trinajstić information content (AvgIpc) is 3.07. The van der Waals surface area contributed by atoms with E-state index in [1.807, 2.05) is 0 Å². The van der Waals surface area contributed by atoms with Gasteiger partial charge in [-0.1, -0.05) is 54.1 Å². The normalized spacial score (nSPS) is 11.5. The van der Waals surface area contributed by atoms with Crippen molar-refractivity contribution in [2.75, 3.05) is 5.32 Å². The van der Waals surface area contributed by atoms with Gasteiger partial charge in [0.15, 0.2) is 5.82 Å². The van der Waals surface area contributed by atoms with Crippen molar-refractivity contribution in [3.05, 3.63) is 80.9 Å². The molecule has 0 spiro atoms. The second-order valence-corrected chi connectivity index (χ2v) is 7.11. The fourth-order valence-electron chi connectivity index (χ4n) is 2.55. The maximum atomic E-state index is 12.6. The van der Waals surface area contributed by atoms with E-state index >= 15 is 0 Å². The van der Waals surface area contributed by atoms with E-state index in [9.17, 15) is 14.4 Å². The van der Waals surface area contributed by atoms with Crippen LogP contribution in [0.2, 0.25) is 5.02 Å². The van der Waals surface area contributed by atoms with Gasteiger partial charge < -0.3 is 16.4 Å². The minimum absolute atomic E-state index is 0.0154. The first kappa shape index (κ1) is 20.6. The summed E-state index contributed by atoms with van der Waals surface area (Å²) >= 11 is 9.25. The van der Waals surface area contributed by atoms with E-state index in [4.69, 9.17) is 17.3 Å². The van der Waals surface area contributed by atoms with Gasteiger partial charge in [-0.25, -0.2) is 0 Å². The first-order chi connectivity index (χ1) is 13.9. The summed E-state index contributed by atoms with van der Waals surface area (Å²) in [6.45, 7) is 0. The van der Waals surface area contributed by atoms with E-state index in [0.717, 1.165) is 0 Å². The van der Waals surface area contributed by atoms with Gasteiger partial charge in [0.1, 0.15) is 11.7 Å². The summed E-state index contributed by atoms with van der Waals surface area (Å²) in [5, 5.41) is 11.9. The highest BCUT2D eigenvalue weighted by atomic mass is 79.9. The molecule has 10 heteroatoms. The molecule has 5 N–H and O–H groups in total. The van der Waals surface area contributed by atoms with Gasteiger partial charge in [0.2, 0.25) is 5.91 Å². The molecule has 0 radical (unpaired) electrons. The minimum Gasteiger partial charge on any atom is -0.368 e. The number of aromatic amines is 1. The lowest BCUT2D eigenvalue weighted by atomic mass is 10.1. The summed E-state index contributed by atoms with van der Waals surface area (Å²) in [5.41, 5.74) is 6.23. The van der Waals surface area contributed by atoms with E-state index in [1.165, 1.54) is 0 Å². The first-order valence-electron chi connectivity index (χ1n) is 8.33. The van der Waals surface area contributed by atoms with Crippen molar-refractivity contribution in [3.63, 3.8) is 0 Å². The molecule has 0 saturated carbocycles. The first-order valence-corrected chi connectivity index (χ1v) is 9.50. The smallest absolute Gasteiger partial charge is 0.271 e. The van der Waals surface area contributed by atoms with Crippen LogP contribution in [-0.4, -0.2) is 27.9 Å². The fourth-order valence-corrected chi connectivity index (χ4v) is 3.23. The zero-order valence-corrected chi connectivity index (χ0v) is 17.1. The lowest BCUT2D eigenvalue weighted by Gasteiger charge is -2.15. The number of anilines is 1. The third-order valence-corrected chi connectivity index (χ3v) is 5.08. The Morgan fingerprint density at radius 3 is 2.34 bits per heavy atom. The molecule has 0 unspecified atom stereocenters. The number of nitrogens with zero attached hydrogens (tertiary/aromatic N) is 1. The van der Waals surface area contributed by atoms with Crippen molar-refractivity contribution in [1.82, 2.24) is 15.5 Å². The molecular weight excluding hydrogens is 462 g/mol. The zero-order valence-electron chi connectivity index (χ0n) is 14.8. The van der Waals surface area contributed by atoms with Gasteiger partial charge in [-0.05, 0) is 33.6 Å². The monoisotopic (exact) mass is 475 g/mol. The lowest BCUT2D eigenvalue weighted by molar-refractivity contribution is -0.120. The molecule has 1 atom stereocenters. The number of carbonyl (C=O) groups excluding carboxylic acids is 3. The fraction of sp³-hybridized carbons (Fsp3) is 0.0526. The highest BCUT2D eigenvalue weighted by molar-refractivity contribution is 9.10. The van der Waals surface area contributed by atoms with E-state index in [0.29, 0.717) is 5.56 Å². The van der Waals surface area contributed by atoms with Crippen LogP contribution < -0.4 is 16.4 Å². The maximum Gasteiger partial charge on any atom is 0.271 e. The van der Waals surface area contributed by atoms with E-state index in [-0.39, 0.29) is 26.6 Å². The summed E-state index contributed by atoms with van der Waals surface area (Å²) in [4.78, 5) is 36.8. The van der Waals surface area contributed by atoms with Crippen LogP contribution in [0.25, 0.3) is 0 Å². The molecule has 0 aliphatic rings. The number of hydrogen-bond donors (Lipinski definition) is 4. The number of primary amides is 1. The Morgan fingerprint density at radius 1 is 1.03 bits per heavy atom. The minimum atomic E-state index is -1.03. The molecule has 1 heterocycles. The third-order valence-electron chi connectivity index (χ3n) is 3.98. The molecule has 0 bridgehead atoms. The van der Waals surface area contributed by atoms with Crippen LogP contribution in [0.4, 0.5) is 5.82 Å². The van der Waals surface area contributed by atoms with Crippen LogP contribution >= 0.6 is 27.5 Å². The number of halogens is 2.